The highest BCUT2D eigenvalue weighted by atomic mass is 16.4. The van der Waals surface area contributed by atoms with Crippen LogP contribution in [-0.4, -0.2) is 16.1 Å². The van der Waals surface area contributed by atoms with Crippen molar-refractivity contribution in [3.8, 4) is 0 Å². The average molecular weight is 273 g/mol. The van der Waals surface area contributed by atoms with Gasteiger partial charge in [-0.15, -0.1) is 0 Å². The molecule has 0 radical (unpaired) electrons. The van der Waals surface area contributed by atoms with E-state index in [1.54, 1.807) is 12.1 Å². The van der Waals surface area contributed by atoms with Crippen molar-refractivity contribution < 1.29 is 9.90 Å². The van der Waals surface area contributed by atoms with Crippen LogP contribution in [0.4, 0.5) is 0 Å². The maximum atomic E-state index is 10.9. The van der Waals surface area contributed by atoms with E-state index in [1.165, 1.54) is 44.2 Å². The summed E-state index contributed by atoms with van der Waals surface area (Å²) in [5, 5.41) is 9.98. The predicted octanol–water partition coefficient (Wildman–Crippen LogP) is 4.77. The van der Waals surface area contributed by atoms with E-state index < -0.39 is 5.97 Å². The van der Waals surface area contributed by atoms with Gasteiger partial charge in [-0.25, -0.2) is 4.79 Å². The van der Waals surface area contributed by atoms with Crippen LogP contribution < -0.4 is 0 Å². The zero-order chi connectivity index (χ0) is 14.4. The number of hydrogen-bond donors (Lipinski definition) is 2. The summed E-state index contributed by atoms with van der Waals surface area (Å²) in [6.45, 7) is 2.23. The van der Waals surface area contributed by atoms with Gasteiger partial charge >= 0.3 is 5.97 Å². The number of carboxylic acid groups (broad SMARTS) is 1. The van der Waals surface area contributed by atoms with Gasteiger partial charge in [-0.1, -0.05) is 39.0 Å². The van der Waals surface area contributed by atoms with Crippen LogP contribution >= 0.6 is 0 Å². The highest BCUT2D eigenvalue weighted by Gasteiger charge is 2.06. The molecule has 108 valence electrons. The lowest BCUT2D eigenvalue weighted by atomic mass is 10.1. The molecule has 2 rings (SSSR count). The quantitative estimate of drug-likeness (QED) is 0.681. The second-order valence-electron chi connectivity index (χ2n) is 5.42. The predicted molar refractivity (Wildman–Crippen MR) is 82.3 cm³/mol. The third-order valence-corrected chi connectivity index (χ3v) is 3.72. The van der Waals surface area contributed by atoms with E-state index in [0.29, 0.717) is 5.56 Å². The van der Waals surface area contributed by atoms with Crippen molar-refractivity contribution in [2.45, 2.75) is 51.9 Å². The topological polar surface area (TPSA) is 53.1 Å². The number of hydrogen-bond acceptors (Lipinski definition) is 1. The fourth-order valence-electron chi connectivity index (χ4n) is 2.56. The van der Waals surface area contributed by atoms with E-state index in [0.717, 1.165) is 17.3 Å². The van der Waals surface area contributed by atoms with Gasteiger partial charge in [0.2, 0.25) is 0 Å². The van der Waals surface area contributed by atoms with Crippen molar-refractivity contribution in [1.29, 1.82) is 0 Å². The zero-order valence-electron chi connectivity index (χ0n) is 12.1. The lowest BCUT2D eigenvalue weighted by Crippen LogP contribution is -1.94. The van der Waals surface area contributed by atoms with Crippen LogP contribution in [0.15, 0.2) is 24.3 Å². The molecule has 3 nitrogen and oxygen atoms in total. The number of aromatic carboxylic acids is 1. The molecule has 0 spiro atoms. The zero-order valence-corrected chi connectivity index (χ0v) is 12.1. The summed E-state index contributed by atoms with van der Waals surface area (Å²) in [7, 11) is 0. The Morgan fingerprint density at radius 3 is 2.60 bits per heavy atom. The van der Waals surface area contributed by atoms with Gasteiger partial charge in [0.05, 0.1) is 5.56 Å². The minimum absolute atomic E-state index is 0.350. The summed E-state index contributed by atoms with van der Waals surface area (Å²) in [6, 6.07) is 7.31. The third kappa shape index (κ3) is 3.86. The van der Waals surface area contributed by atoms with Crippen molar-refractivity contribution in [2.75, 3.05) is 0 Å². The normalized spacial score (nSPS) is 11.1. The fraction of sp³-hybridized carbons (Fsp3) is 0.471. The number of aromatic nitrogens is 1. The Morgan fingerprint density at radius 2 is 1.85 bits per heavy atom. The molecule has 1 heterocycles. The Hall–Kier alpha value is -1.77. The maximum Gasteiger partial charge on any atom is 0.335 e. The van der Waals surface area contributed by atoms with Crippen molar-refractivity contribution in [1.82, 2.24) is 4.98 Å². The van der Waals surface area contributed by atoms with Gasteiger partial charge in [-0.05, 0) is 37.1 Å². The Morgan fingerprint density at radius 1 is 1.10 bits per heavy atom. The van der Waals surface area contributed by atoms with E-state index >= 15 is 0 Å². The van der Waals surface area contributed by atoms with Gasteiger partial charge in [0.1, 0.15) is 0 Å². The first-order chi connectivity index (χ1) is 9.70. The van der Waals surface area contributed by atoms with Crippen LogP contribution in [0.5, 0.6) is 0 Å². The summed E-state index contributed by atoms with van der Waals surface area (Å²) >= 11 is 0. The lowest BCUT2D eigenvalue weighted by Gasteiger charge is -1.99. The highest BCUT2D eigenvalue weighted by molar-refractivity contribution is 5.93. The van der Waals surface area contributed by atoms with Gasteiger partial charge in [-0.2, -0.15) is 0 Å². The minimum atomic E-state index is -0.870. The van der Waals surface area contributed by atoms with E-state index in [-0.39, 0.29) is 0 Å². The lowest BCUT2D eigenvalue weighted by molar-refractivity contribution is 0.0697. The van der Waals surface area contributed by atoms with Gasteiger partial charge in [0, 0.05) is 16.6 Å². The van der Waals surface area contributed by atoms with E-state index in [4.69, 9.17) is 5.11 Å². The first-order valence-corrected chi connectivity index (χ1v) is 7.55. The Bertz CT molecular complexity index is 571. The summed E-state index contributed by atoms with van der Waals surface area (Å²) in [4.78, 5) is 14.3. The number of carbonyl (C=O) groups is 1. The number of fused-ring (bicyclic) bond motifs is 1. The number of aryl methyl sites for hydroxylation is 1. The van der Waals surface area contributed by atoms with Crippen molar-refractivity contribution in [3.63, 3.8) is 0 Å². The monoisotopic (exact) mass is 273 g/mol. The first-order valence-electron chi connectivity index (χ1n) is 7.55. The molecule has 0 saturated heterocycles. The van der Waals surface area contributed by atoms with Crippen LogP contribution in [-0.2, 0) is 6.42 Å². The molecular weight excluding hydrogens is 250 g/mol. The van der Waals surface area contributed by atoms with Gasteiger partial charge in [-0.3, -0.25) is 0 Å². The second-order valence-corrected chi connectivity index (χ2v) is 5.42. The van der Waals surface area contributed by atoms with E-state index in [1.807, 2.05) is 6.07 Å². The summed E-state index contributed by atoms with van der Waals surface area (Å²) < 4.78 is 0. The standard InChI is InChI=1S/C17H23NO2/c1-2-3-4-5-6-7-8-15-12-14-11-13(17(19)20)9-10-16(14)18-15/h9-12,18H,2-8H2,1H3,(H,19,20). The summed E-state index contributed by atoms with van der Waals surface area (Å²) in [5.74, 6) is -0.870. The number of carboxylic acids is 1. The summed E-state index contributed by atoms with van der Waals surface area (Å²) in [5.41, 5.74) is 2.58. The molecule has 0 unspecified atom stereocenters. The van der Waals surface area contributed by atoms with Crippen molar-refractivity contribution in [2.24, 2.45) is 0 Å². The number of H-pyrrole nitrogens is 1. The van der Waals surface area contributed by atoms with Crippen LogP contribution in [0.1, 0.15) is 61.5 Å². The molecule has 0 bridgehead atoms. The molecule has 0 atom stereocenters. The molecule has 2 N–H and O–H groups in total. The van der Waals surface area contributed by atoms with E-state index in [9.17, 15) is 4.79 Å². The van der Waals surface area contributed by atoms with Gasteiger partial charge in [0.15, 0.2) is 0 Å². The molecule has 3 heteroatoms. The van der Waals surface area contributed by atoms with E-state index in [2.05, 4.69) is 18.0 Å². The molecule has 0 fully saturated rings. The van der Waals surface area contributed by atoms with Crippen molar-refractivity contribution >= 4 is 16.9 Å². The largest absolute Gasteiger partial charge is 0.478 e. The first kappa shape index (κ1) is 14.6. The molecule has 0 aliphatic heterocycles. The van der Waals surface area contributed by atoms with Crippen LogP contribution in [0, 0.1) is 0 Å². The Kier molecular flexibility index (Phi) is 5.22. The molecular formula is C17H23NO2. The number of aromatic amines is 1. The SMILES string of the molecule is CCCCCCCCc1cc2cc(C(=O)O)ccc2[nH]1. The van der Waals surface area contributed by atoms with Gasteiger partial charge < -0.3 is 10.1 Å². The fourth-order valence-corrected chi connectivity index (χ4v) is 2.56. The number of unbranched alkanes of at least 4 members (excludes halogenated alkanes) is 5. The number of nitrogens with one attached hydrogen (secondary N) is 1. The molecule has 0 aliphatic rings. The Labute approximate surface area is 120 Å². The van der Waals surface area contributed by atoms with Crippen LogP contribution in [0.3, 0.4) is 0 Å². The molecule has 0 amide bonds. The number of rotatable bonds is 8. The Balaban J connectivity index is 1.89. The van der Waals surface area contributed by atoms with Crippen LogP contribution in [0.2, 0.25) is 0 Å². The molecule has 1 aromatic heterocycles. The second kappa shape index (κ2) is 7.13. The van der Waals surface area contributed by atoms with Crippen LogP contribution in [0.25, 0.3) is 10.9 Å². The average Bonchev–Trinajstić information content (AvgIpc) is 2.84. The molecule has 0 saturated carbocycles. The third-order valence-electron chi connectivity index (χ3n) is 3.72. The highest BCUT2D eigenvalue weighted by Crippen LogP contribution is 2.19. The molecule has 1 aromatic carbocycles. The smallest absolute Gasteiger partial charge is 0.335 e. The molecule has 20 heavy (non-hydrogen) atoms. The number of benzene rings is 1. The maximum absolute atomic E-state index is 10.9. The molecule has 2 aromatic rings. The van der Waals surface area contributed by atoms with Gasteiger partial charge in [0.25, 0.3) is 0 Å². The van der Waals surface area contributed by atoms with Crippen molar-refractivity contribution in [3.05, 3.63) is 35.5 Å². The summed E-state index contributed by atoms with van der Waals surface area (Å²) in [6.07, 6.45) is 8.79. The molecule has 0 aliphatic carbocycles. The minimum Gasteiger partial charge on any atom is -0.478 e.